The maximum Gasteiger partial charge on any atom is 0.320 e. The maximum atomic E-state index is 13.5. The van der Waals surface area contributed by atoms with E-state index in [2.05, 4.69) is 31.1 Å². The number of piperidine rings is 1. The molecule has 1 fully saturated rings. The van der Waals surface area contributed by atoms with Gasteiger partial charge in [-0.3, -0.25) is 0 Å². The molecule has 0 saturated carbocycles. The van der Waals surface area contributed by atoms with Crippen LogP contribution in [0.1, 0.15) is 44.0 Å². The second kappa shape index (κ2) is 11.3. The summed E-state index contributed by atoms with van der Waals surface area (Å²) in [6.07, 6.45) is 1.12. The lowest BCUT2D eigenvalue weighted by Gasteiger charge is -2.38. The lowest BCUT2D eigenvalue weighted by atomic mass is 10.0. The summed E-state index contributed by atoms with van der Waals surface area (Å²) in [7, 11) is 2.08. The molecule has 1 atom stereocenters. The molecule has 2 amide bonds. The van der Waals surface area contributed by atoms with Gasteiger partial charge >= 0.3 is 6.03 Å². The molecule has 7 heteroatoms. The van der Waals surface area contributed by atoms with E-state index < -0.39 is 6.23 Å². The molecule has 0 bridgehead atoms. The predicted octanol–water partition coefficient (Wildman–Crippen LogP) is 4.51. The minimum Gasteiger partial charge on any atom is -0.508 e. The van der Waals surface area contributed by atoms with Gasteiger partial charge in [-0.1, -0.05) is 38.1 Å². The number of hydrogen-bond donors (Lipinski definition) is 2. The number of phenolic OH excluding ortho intramolecular Hbond substituents is 1. The number of rotatable bonds is 8. The molecular weight excluding hydrogens is 409 g/mol. The Balaban J connectivity index is 1.79. The zero-order chi connectivity index (χ0) is 23.1. The number of halogens is 1. The van der Waals surface area contributed by atoms with Gasteiger partial charge in [0, 0.05) is 18.2 Å². The molecule has 6 nitrogen and oxygen atoms in total. The van der Waals surface area contributed by atoms with Crippen LogP contribution in [0.5, 0.6) is 5.75 Å². The van der Waals surface area contributed by atoms with E-state index in [0.29, 0.717) is 19.1 Å². The van der Waals surface area contributed by atoms with E-state index in [1.54, 1.807) is 36.4 Å². The molecule has 32 heavy (non-hydrogen) atoms. The van der Waals surface area contributed by atoms with Crippen LogP contribution in [-0.2, 0) is 11.3 Å². The topological polar surface area (TPSA) is 65.0 Å². The molecule has 0 spiro atoms. The average molecular weight is 444 g/mol. The van der Waals surface area contributed by atoms with Crippen LogP contribution in [0.2, 0.25) is 0 Å². The number of benzene rings is 2. The summed E-state index contributed by atoms with van der Waals surface area (Å²) >= 11 is 0. The molecule has 2 aromatic carbocycles. The zero-order valence-electron chi connectivity index (χ0n) is 19.1. The van der Waals surface area contributed by atoms with Crippen LogP contribution in [-0.4, -0.2) is 53.7 Å². The van der Waals surface area contributed by atoms with E-state index in [9.17, 15) is 14.3 Å². The van der Waals surface area contributed by atoms with E-state index in [1.807, 2.05) is 4.90 Å². The van der Waals surface area contributed by atoms with Gasteiger partial charge < -0.3 is 25.0 Å². The summed E-state index contributed by atoms with van der Waals surface area (Å²) in [5.74, 6) is 0.168. The largest absolute Gasteiger partial charge is 0.508 e. The SMILES string of the molecule is CC(C)COC(NC(=O)N(Cc1ccc(F)cc1)C1CCN(C)CC1)c1ccc(O)cc1. The Bertz CT molecular complexity index is 850. The lowest BCUT2D eigenvalue weighted by Crippen LogP contribution is -2.50. The fraction of sp³-hybridized carbons (Fsp3) is 0.480. The molecule has 1 aliphatic rings. The first kappa shape index (κ1) is 24.0. The standard InChI is InChI=1S/C25H34FN3O3/c1-18(2)17-32-24(20-6-10-23(30)11-7-20)27-25(31)29(22-12-14-28(3)15-13-22)16-19-4-8-21(26)9-5-19/h4-11,18,22,24,30H,12-17H2,1-3H3,(H,27,31). The Morgan fingerprint density at radius 1 is 1.16 bits per heavy atom. The van der Waals surface area contributed by atoms with Gasteiger partial charge in [0.25, 0.3) is 0 Å². The van der Waals surface area contributed by atoms with Crippen molar-refractivity contribution in [3.63, 3.8) is 0 Å². The highest BCUT2D eigenvalue weighted by Gasteiger charge is 2.29. The molecule has 1 saturated heterocycles. The van der Waals surface area contributed by atoms with Gasteiger partial charge in [0.05, 0.1) is 6.61 Å². The number of nitrogens with one attached hydrogen (secondary N) is 1. The second-order valence-corrected chi connectivity index (χ2v) is 8.94. The van der Waals surface area contributed by atoms with Gasteiger partial charge in [-0.05, 0) is 68.7 Å². The third kappa shape index (κ3) is 6.93. The molecule has 0 aromatic heterocycles. The Morgan fingerprint density at radius 3 is 2.38 bits per heavy atom. The Labute approximate surface area is 190 Å². The van der Waals surface area contributed by atoms with E-state index in [1.165, 1.54) is 12.1 Å². The van der Waals surface area contributed by atoms with Crippen molar-refractivity contribution in [1.82, 2.24) is 15.1 Å². The third-order valence-electron chi connectivity index (χ3n) is 5.70. The van der Waals surface area contributed by atoms with Crippen molar-refractivity contribution in [3.8, 4) is 5.75 Å². The quantitative estimate of drug-likeness (QED) is 0.590. The smallest absolute Gasteiger partial charge is 0.320 e. The van der Waals surface area contributed by atoms with Crippen molar-refractivity contribution in [1.29, 1.82) is 0 Å². The first-order valence-corrected chi connectivity index (χ1v) is 11.2. The summed E-state index contributed by atoms with van der Waals surface area (Å²) in [6, 6.07) is 12.8. The summed E-state index contributed by atoms with van der Waals surface area (Å²) in [4.78, 5) is 17.6. The van der Waals surface area contributed by atoms with Gasteiger partial charge in [0.15, 0.2) is 6.23 Å². The third-order valence-corrected chi connectivity index (χ3v) is 5.70. The minimum absolute atomic E-state index is 0.0850. The first-order valence-electron chi connectivity index (χ1n) is 11.2. The van der Waals surface area contributed by atoms with Gasteiger partial charge in [-0.15, -0.1) is 0 Å². The molecule has 0 radical (unpaired) electrons. The lowest BCUT2D eigenvalue weighted by molar-refractivity contribution is 0.0136. The number of carbonyl (C=O) groups excluding carboxylic acids is 1. The summed E-state index contributed by atoms with van der Waals surface area (Å²) in [5, 5.41) is 12.7. The van der Waals surface area contributed by atoms with E-state index in [-0.39, 0.29) is 23.6 Å². The number of amides is 2. The number of urea groups is 1. The average Bonchev–Trinajstić information content (AvgIpc) is 2.77. The Morgan fingerprint density at radius 2 is 1.78 bits per heavy atom. The van der Waals surface area contributed by atoms with E-state index >= 15 is 0 Å². The van der Waals surface area contributed by atoms with Gasteiger partial charge in [0.1, 0.15) is 11.6 Å². The van der Waals surface area contributed by atoms with Crippen LogP contribution in [0.25, 0.3) is 0 Å². The Hall–Kier alpha value is -2.64. The van der Waals surface area contributed by atoms with Crippen LogP contribution >= 0.6 is 0 Å². The fourth-order valence-corrected chi connectivity index (χ4v) is 3.81. The number of hydrogen-bond acceptors (Lipinski definition) is 4. The van der Waals surface area contributed by atoms with Crippen LogP contribution in [0.15, 0.2) is 48.5 Å². The minimum atomic E-state index is -0.632. The molecule has 174 valence electrons. The maximum absolute atomic E-state index is 13.5. The highest BCUT2D eigenvalue weighted by atomic mass is 19.1. The molecule has 1 aliphatic heterocycles. The zero-order valence-corrected chi connectivity index (χ0v) is 19.1. The molecular formula is C25H34FN3O3. The van der Waals surface area contributed by atoms with Crippen LogP contribution < -0.4 is 5.32 Å². The molecule has 2 N–H and O–H groups in total. The molecule has 0 aliphatic carbocycles. The van der Waals surface area contributed by atoms with Crippen LogP contribution in [0.4, 0.5) is 9.18 Å². The number of carbonyl (C=O) groups is 1. The second-order valence-electron chi connectivity index (χ2n) is 8.94. The predicted molar refractivity (Wildman–Crippen MR) is 123 cm³/mol. The number of ether oxygens (including phenoxy) is 1. The van der Waals surface area contributed by atoms with Crippen molar-refractivity contribution in [2.24, 2.45) is 5.92 Å². The number of likely N-dealkylation sites (tertiary alicyclic amines) is 1. The van der Waals surface area contributed by atoms with E-state index in [0.717, 1.165) is 37.1 Å². The summed E-state index contributed by atoms with van der Waals surface area (Å²) in [5.41, 5.74) is 1.65. The normalized spacial score (nSPS) is 16.2. The van der Waals surface area contributed by atoms with E-state index in [4.69, 9.17) is 4.74 Å². The van der Waals surface area contributed by atoms with Crippen molar-refractivity contribution >= 4 is 6.03 Å². The van der Waals surface area contributed by atoms with Gasteiger partial charge in [-0.2, -0.15) is 0 Å². The first-order chi connectivity index (χ1) is 15.3. The Kier molecular flexibility index (Phi) is 8.47. The fourth-order valence-electron chi connectivity index (χ4n) is 3.81. The highest BCUT2D eigenvalue weighted by molar-refractivity contribution is 5.75. The molecule has 3 rings (SSSR count). The van der Waals surface area contributed by atoms with Crippen molar-refractivity contribution < 1.29 is 19.0 Å². The van der Waals surface area contributed by atoms with Crippen molar-refractivity contribution in [2.45, 2.75) is 45.5 Å². The van der Waals surface area contributed by atoms with Crippen LogP contribution in [0.3, 0.4) is 0 Å². The van der Waals surface area contributed by atoms with Crippen LogP contribution in [0, 0.1) is 11.7 Å². The molecule has 2 aromatic rings. The number of phenols is 1. The number of nitrogens with zero attached hydrogens (tertiary/aromatic N) is 2. The van der Waals surface area contributed by atoms with Gasteiger partial charge in [-0.25, -0.2) is 9.18 Å². The summed E-state index contributed by atoms with van der Waals surface area (Å²) < 4.78 is 19.4. The summed E-state index contributed by atoms with van der Waals surface area (Å²) in [6.45, 7) is 6.82. The number of aromatic hydroxyl groups is 1. The molecule has 1 unspecified atom stereocenters. The highest BCUT2D eigenvalue weighted by Crippen LogP contribution is 2.23. The molecule has 1 heterocycles. The van der Waals surface area contributed by atoms with Crippen molar-refractivity contribution in [3.05, 3.63) is 65.5 Å². The van der Waals surface area contributed by atoms with Crippen molar-refractivity contribution in [2.75, 3.05) is 26.7 Å². The monoisotopic (exact) mass is 443 g/mol. The van der Waals surface area contributed by atoms with Gasteiger partial charge in [0.2, 0.25) is 0 Å².